The number of benzene rings is 2. The average Bonchev–Trinajstić information content (AvgIpc) is 2.67. The van der Waals surface area contributed by atoms with Gasteiger partial charge in [0.05, 0.1) is 18.0 Å². The van der Waals surface area contributed by atoms with Crippen molar-refractivity contribution >= 4 is 23.0 Å². The van der Waals surface area contributed by atoms with E-state index in [0.717, 1.165) is 44.0 Å². The fourth-order valence-electron chi connectivity index (χ4n) is 3.12. The van der Waals surface area contributed by atoms with Crippen LogP contribution >= 0.6 is 0 Å². The summed E-state index contributed by atoms with van der Waals surface area (Å²) in [5.41, 5.74) is 8.91. The second kappa shape index (κ2) is 8.77. The monoisotopic (exact) mass is 368 g/mol. The van der Waals surface area contributed by atoms with E-state index in [4.69, 9.17) is 10.5 Å². The maximum atomic E-state index is 12.8. The number of nitrogens with two attached hydrogens (primary N) is 1. The molecule has 2 aromatic rings. The Morgan fingerprint density at radius 2 is 1.93 bits per heavy atom. The molecule has 2 aromatic carbocycles. The van der Waals surface area contributed by atoms with Crippen LogP contribution in [0.15, 0.2) is 42.5 Å². The minimum absolute atomic E-state index is 0.169. The fraction of sp³-hybridized carbons (Fsp3) is 0.381. The number of nitrogen functional groups attached to an aromatic ring is 1. The number of ether oxygens (including phenoxy) is 1. The van der Waals surface area contributed by atoms with E-state index in [-0.39, 0.29) is 5.91 Å². The highest BCUT2D eigenvalue weighted by atomic mass is 16.5. The number of amides is 1. The van der Waals surface area contributed by atoms with E-state index in [0.29, 0.717) is 23.6 Å². The molecule has 3 N–H and O–H groups in total. The standard InChI is InChI=1S/C21H28N4O2/c1-3-13-27-18-6-4-5-16(14-18)21(26)23-19-15-17(22)7-8-20(19)25-11-9-24(2)10-12-25/h4-8,14-15H,3,9-13,22H2,1-2H3,(H,23,26). The van der Waals surface area contributed by atoms with E-state index in [9.17, 15) is 4.79 Å². The van der Waals surface area contributed by atoms with Crippen molar-refractivity contribution in [1.29, 1.82) is 0 Å². The van der Waals surface area contributed by atoms with E-state index in [2.05, 4.69) is 29.1 Å². The minimum atomic E-state index is -0.169. The summed E-state index contributed by atoms with van der Waals surface area (Å²) in [6.07, 6.45) is 0.925. The summed E-state index contributed by atoms with van der Waals surface area (Å²) in [7, 11) is 2.12. The summed E-state index contributed by atoms with van der Waals surface area (Å²) in [5.74, 6) is 0.536. The van der Waals surface area contributed by atoms with Crippen LogP contribution in [0.4, 0.5) is 17.1 Å². The summed E-state index contributed by atoms with van der Waals surface area (Å²) >= 11 is 0. The molecule has 0 aromatic heterocycles. The molecule has 0 unspecified atom stereocenters. The second-order valence-electron chi connectivity index (χ2n) is 6.90. The molecule has 144 valence electrons. The van der Waals surface area contributed by atoms with Crippen LogP contribution in [-0.4, -0.2) is 50.6 Å². The summed E-state index contributed by atoms with van der Waals surface area (Å²) in [5, 5.41) is 3.03. The molecule has 1 fully saturated rings. The molecule has 0 bridgehead atoms. The predicted octanol–water partition coefficient (Wildman–Crippen LogP) is 3.06. The number of likely N-dealkylation sites (N-methyl/N-ethyl adjacent to an activating group) is 1. The van der Waals surface area contributed by atoms with Gasteiger partial charge in [0.1, 0.15) is 5.75 Å². The Hall–Kier alpha value is -2.73. The lowest BCUT2D eigenvalue weighted by Crippen LogP contribution is -2.44. The van der Waals surface area contributed by atoms with Crippen LogP contribution in [0, 0.1) is 0 Å². The van der Waals surface area contributed by atoms with Crippen LogP contribution in [0.25, 0.3) is 0 Å². The number of carbonyl (C=O) groups is 1. The molecule has 3 rings (SSSR count). The number of hydrogen-bond acceptors (Lipinski definition) is 5. The van der Waals surface area contributed by atoms with E-state index >= 15 is 0 Å². The van der Waals surface area contributed by atoms with E-state index in [1.807, 2.05) is 30.3 Å². The maximum Gasteiger partial charge on any atom is 0.255 e. The third kappa shape index (κ3) is 4.92. The summed E-state index contributed by atoms with van der Waals surface area (Å²) in [6.45, 7) is 6.51. The molecule has 1 aliphatic heterocycles. The van der Waals surface area contributed by atoms with Crippen molar-refractivity contribution in [3.05, 3.63) is 48.0 Å². The van der Waals surface area contributed by atoms with Gasteiger partial charge in [0, 0.05) is 37.4 Å². The Balaban J connectivity index is 1.78. The number of hydrogen-bond donors (Lipinski definition) is 2. The first-order valence-corrected chi connectivity index (χ1v) is 9.44. The number of rotatable bonds is 6. The average molecular weight is 368 g/mol. The quantitative estimate of drug-likeness (QED) is 0.767. The van der Waals surface area contributed by atoms with Crippen molar-refractivity contribution in [1.82, 2.24) is 4.90 Å². The summed E-state index contributed by atoms with van der Waals surface area (Å²) in [6, 6.07) is 12.9. The molecule has 0 saturated carbocycles. The number of nitrogens with one attached hydrogen (secondary N) is 1. The van der Waals surface area contributed by atoms with Gasteiger partial charge in [-0.25, -0.2) is 0 Å². The lowest BCUT2D eigenvalue weighted by atomic mass is 10.1. The van der Waals surface area contributed by atoms with Gasteiger partial charge in [0.15, 0.2) is 0 Å². The van der Waals surface area contributed by atoms with Gasteiger partial charge >= 0.3 is 0 Å². The van der Waals surface area contributed by atoms with Crippen LogP contribution in [0.3, 0.4) is 0 Å². The first-order chi connectivity index (χ1) is 13.1. The van der Waals surface area contributed by atoms with E-state index in [1.165, 1.54) is 0 Å². The molecule has 1 amide bonds. The van der Waals surface area contributed by atoms with Gasteiger partial charge in [0.2, 0.25) is 0 Å². The van der Waals surface area contributed by atoms with Crippen LogP contribution in [0.1, 0.15) is 23.7 Å². The highest BCUT2D eigenvalue weighted by molar-refractivity contribution is 6.06. The highest BCUT2D eigenvalue weighted by Crippen LogP contribution is 2.29. The Bertz CT molecular complexity index is 786. The van der Waals surface area contributed by atoms with Crippen LogP contribution < -0.4 is 20.7 Å². The third-order valence-corrected chi connectivity index (χ3v) is 4.68. The first-order valence-electron chi connectivity index (χ1n) is 9.44. The molecule has 1 heterocycles. The molecule has 0 spiro atoms. The topological polar surface area (TPSA) is 70.8 Å². The smallest absolute Gasteiger partial charge is 0.255 e. The largest absolute Gasteiger partial charge is 0.494 e. The molecule has 1 saturated heterocycles. The lowest BCUT2D eigenvalue weighted by Gasteiger charge is -2.35. The zero-order valence-electron chi connectivity index (χ0n) is 16.1. The summed E-state index contributed by atoms with van der Waals surface area (Å²) in [4.78, 5) is 17.4. The van der Waals surface area contributed by atoms with Gasteiger partial charge in [-0.3, -0.25) is 4.79 Å². The van der Waals surface area contributed by atoms with Crippen molar-refractivity contribution < 1.29 is 9.53 Å². The Labute approximate surface area is 160 Å². The number of anilines is 3. The van der Waals surface area contributed by atoms with Crippen LogP contribution in [0.2, 0.25) is 0 Å². The molecule has 0 aliphatic carbocycles. The van der Waals surface area contributed by atoms with E-state index < -0.39 is 0 Å². The normalized spacial score (nSPS) is 14.8. The van der Waals surface area contributed by atoms with Crippen molar-refractivity contribution in [3.8, 4) is 5.75 Å². The Morgan fingerprint density at radius 1 is 1.15 bits per heavy atom. The molecular weight excluding hydrogens is 340 g/mol. The van der Waals surface area contributed by atoms with Crippen molar-refractivity contribution in [2.24, 2.45) is 0 Å². The summed E-state index contributed by atoms with van der Waals surface area (Å²) < 4.78 is 5.63. The maximum absolute atomic E-state index is 12.8. The second-order valence-corrected chi connectivity index (χ2v) is 6.90. The third-order valence-electron chi connectivity index (χ3n) is 4.68. The van der Waals surface area contributed by atoms with Gasteiger partial charge in [0.25, 0.3) is 5.91 Å². The Morgan fingerprint density at radius 3 is 2.67 bits per heavy atom. The van der Waals surface area contributed by atoms with Crippen molar-refractivity contribution in [2.75, 3.05) is 55.8 Å². The lowest BCUT2D eigenvalue weighted by molar-refractivity contribution is 0.102. The van der Waals surface area contributed by atoms with Gasteiger partial charge in [-0.15, -0.1) is 0 Å². The SMILES string of the molecule is CCCOc1cccc(C(=O)Nc2cc(N)ccc2N2CCN(C)CC2)c1. The Kier molecular flexibility index (Phi) is 6.19. The number of piperazine rings is 1. The molecule has 27 heavy (non-hydrogen) atoms. The van der Waals surface area contributed by atoms with E-state index in [1.54, 1.807) is 12.1 Å². The van der Waals surface area contributed by atoms with Gasteiger partial charge in [-0.05, 0) is 49.9 Å². The minimum Gasteiger partial charge on any atom is -0.494 e. The van der Waals surface area contributed by atoms with Crippen LogP contribution in [-0.2, 0) is 0 Å². The van der Waals surface area contributed by atoms with Crippen molar-refractivity contribution in [2.45, 2.75) is 13.3 Å². The van der Waals surface area contributed by atoms with Crippen molar-refractivity contribution in [3.63, 3.8) is 0 Å². The molecule has 0 atom stereocenters. The zero-order valence-corrected chi connectivity index (χ0v) is 16.1. The number of nitrogens with zero attached hydrogens (tertiary/aromatic N) is 2. The molecule has 6 heteroatoms. The van der Waals surface area contributed by atoms with Gasteiger partial charge < -0.3 is 25.6 Å². The predicted molar refractivity (Wildman–Crippen MR) is 111 cm³/mol. The number of carbonyl (C=O) groups excluding carboxylic acids is 1. The first kappa shape index (κ1) is 19.0. The fourth-order valence-corrected chi connectivity index (χ4v) is 3.12. The van der Waals surface area contributed by atoms with Gasteiger partial charge in [-0.1, -0.05) is 13.0 Å². The van der Waals surface area contributed by atoms with Gasteiger partial charge in [-0.2, -0.15) is 0 Å². The molecule has 6 nitrogen and oxygen atoms in total. The molecule has 0 radical (unpaired) electrons. The zero-order chi connectivity index (χ0) is 19.2. The molecular formula is C21H28N4O2. The highest BCUT2D eigenvalue weighted by Gasteiger charge is 2.19. The molecule has 1 aliphatic rings. The van der Waals surface area contributed by atoms with Crippen LogP contribution in [0.5, 0.6) is 5.75 Å².